The Morgan fingerprint density at radius 2 is 1.57 bits per heavy atom. The number of rotatable bonds is 5. The van der Waals surface area contributed by atoms with Crippen LogP contribution in [-0.2, 0) is 0 Å². The number of hydrogen-bond acceptors (Lipinski definition) is 2. The Bertz CT molecular complexity index is 597. The van der Waals surface area contributed by atoms with E-state index in [2.05, 4.69) is 5.32 Å². The van der Waals surface area contributed by atoms with Crippen LogP contribution in [0.4, 0.5) is 0 Å². The minimum absolute atomic E-state index is 0.121. The van der Waals surface area contributed by atoms with Crippen LogP contribution < -0.4 is 10.1 Å². The zero-order valence-electron chi connectivity index (χ0n) is 11.5. The summed E-state index contributed by atoms with van der Waals surface area (Å²) in [5.74, 6) is 0.561. The summed E-state index contributed by atoms with van der Waals surface area (Å²) in [6, 6.07) is 13.7. The fraction of sp³-hybridized carbons (Fsp3) is 0.188. The van der Waals surface area contributed by atoms with Crippen molar-refractivity contribution in [2.24, 2.45) is 0 Å². The Morgan fingerprint density at radius 1 is 1.05 bits per heavy atom. The third-order valence-corrected chi connectivity index (χ3v) is 3.30. The van der Waals surface area contributed by atoms with Crippen LogP contribution in [0.3, 0.4) is 0 Å². The number of ether oxygens (including phenoxy) is 1. The van der Waals surface area contributed by atoms with Crippen molar-refractivity contribution in [2.45, 2.75) is 13.0 Å². The van der Waals surface area contributed by atoms with Crippen LogP contribution in [0.5, 0.6) is 5.75 Å². The molecule has 1 atom stereocenters. The first-order valence-corrected chi connectivity index (χ1v) is 7.25. The Kier molecular flexibility index (Phi) is 5.48. The number of carbonyl (C=O) groups excluding carboxylic acids is 1. The summed E-state index contributed by atoms with van der Waals surface area (Å²) in [5.41, 5.74) is 0.567. The molecule has 1 N–H and O–H groups in total. The van der Waals surface area contributed by atoms with Gasteiger partial charge in [0, 0.05) is 15.6 Å². The number of halogens is 2. The van der Waals surface area contributed by atoms with E-state index in [0.29, 0.717) is 28.0 Å². The molecule has 0 aliphatic rings. The normalized spacial score (nSPS) is 11.8. The molecule has 0 aliphatic carbocycles. The van der Waals surface area contributed by atoms with E-state index in [0.717, 1.165) is 0 Å². The van der Waals surface area contributed by atoms with Gasteiger partial charge in [0.05, 0.1) is 6.04 Å². The molecule has 2 aromatic rings. The second-order valence-electron chi connectivity index (χ2n) is 4.65. The molecule has 110 valence electrons. The first kappa shape index (κ1) is 15.7. The summed E-state index contributed by atoms with van der Waals surface area (Å²) >= 11 is 11.6. The van der Waals surface area contributed by atoms with Crippen LogP contribution in [0.15, 0.2) is 48.5 Å². The number of benzene rings is 2. The van der Waals surface area contributed by atoms with E-state index in [-0.39, 0.29) is 11.9 Å². The van der Waals surface area contributed by atoms with Gasteiger partial charge >= 0.3 is 0 Å². The van der Waals surface area contributed by atoms with Crippen molar-refractivity contribution in [2.75, 3.05) is 6.61 Å². The van der Waals surface area contributed by atoms with Gasteiger partial charge in [0.25, 0.3) is 5.91 Å². The lowest BCUT2D eigenvalue weighted by atomic mass is 10.2. The molecule has 0 bridgehead atoms. The molecule has 0 radical (unpaired) electrons. The fourth-order valence-electron chi connectivity index (χ4n) is 1.70. The molecule has 3 nitrogen and oxygen atoms in total. The van der Waals surface area contributed by atoms with Crippen LogP contribution in [-0.4, -0.2) is 18.6 Å². The molecule has 0 fully saturated rings. The maximum absolute atomic E-state index is 12.0. The predicted molar refractivity (Wildman–Crippen MR) is 85.3 cm³/mol. The molecule has 0 heterocycles. The summed E-state index contributed by atoms with van der Waals surface area (Å²) in [6.07, 6.45) is 0. The standard InChI is InChI=1S/C16H15Cl2NO2/c1-11(10-21-15-8-6-14(18)7-9-15)19-16(20)12-2-4-13(17)5-3-12/h2-9,11H,10H2,1H3,(H,19,20)/t11-/m1/s1. The van der Waals surface area contributed by atoms with Gasteiger partial charge < -0.3 is 10.1 Å². The van der Waals surface area contributed by atoms with Crippen molar-refractivity contribution in [3.63, 3.8) is 0 Å². The second kappa shape index (κ2) is 7.34. The minimum Gasteiger partial charge on any atom is -0.491 e. The highest BCUT2D eigenvalue weighted by molar-refractivity contribution is 6.30. The molecule has 0 aromatic heterocycles. The van der Waals surface area contributed by atoms with Gasteiger partial charge in [-0.15, -0.1) is 0 Å². The molecule has 0 saturated carbocycles. The van der Waals surface area contributed by atoms with Crippen LogP contribution in [0.2, 0.25) is 10.0 Å². The summed E-state index contributed by atoms with van der Waals surface area (Å²) in [6.45, 7) is 2.25. The summed E-state index contributed by atoms with van der Waals surface area (Å²) in [4.78, 5) is 12.0. The van der Waals surface area contributed by atoms with Gasteiger partial charge in [-0.3, -0.25) is 4.79 Å². The van der Waals surface area contributed by atoms with Crippen molar-refractivity contribution in [3.8, 4) is 5.75 Å². The molecule has 0 saturated heterocycles. The lowest BCUT2D eigenvalue weighted by Gasteiger charge is -2.15. The largest absolute Gasteiger partial charge is 0.491 e. The van der Waals surface area contributed by atoms with Gasteiger partial charge in [-0.05, 0) is 55.5 Å². The Labute approximate surface area is 133 Å². The van der Waals surface area contributed by atoms with E-state index in [1.54, 1.807) is 48.5 Å². The van der Waals surface area contributed by atoms with Crippen molar-refractivity contribution < 1.29 is 9.53 Å². The lowest BCUT2D eigenvalue weighted by molar-refractivity contribution is 0.0926. The number of hydrogen-bond donors (Lipinski definition) is 1. The maximum Gasteiger partial charge on any atom is 0.251 e. The first-order chi connectivity index (χ1) is 10.0. The second-order valence-corrected chi connectivity index (χ2v) is 5.52. The van der Waals surface area contributed by atoms with E-state index in [4.69, 9.17) is 27.9 Å². The average Bonchev–Trinajstić information content (AvgIpc) is 2.47. The van der Waals surface area contributed by atoms with Gasteiger partial charge in [-0.25, -0.2) is 0 Å². The Morgan fingerprint density at radius 3 is 2.14 bits per heavy atom. The highest BCUT2D eigenvalue weighted by atomic mass is 35.5. The molecule has 1 amide bonds. The lowest BCUT2D eigenvalue weighted by Crippen LogP contribution is -2.36. The Hall–Kier alpha value is -1.71. The maximum atomic E-state index is 12.0. The SMILES string of the molecule is C[C@H](COc1ccc(Cl)cc1)NC(=O)c1ccc(Cl)cc1. The predicted octanol–water partition coefficient (Wildman–Crippen LogP) is 4.19. The number of carbonyl (C=O) groups is 1. The summed E-state index contributed by atoms with van der Waals surface area (Å²) in [7, 11) is 0. The quantitative estimate of drug-likeness (QED) is 0.895. The summed E-state index contributed by atoms with van der Waals surface area (Å²) < 4.78 is 5.58. The zero-order valence-corrected chi connectivity index (χ0v) is 13.0. The fourth-order valence-corrected chi connectivity index (χ4v) is 1.95. The smallest absolute Gasteiger partial charge is 0.251 e. The molecule has 0 spiro atoms. The monoisotopic (exact) mass is 323 g/mol. The molecular formula is C16H15Cl2NO2. The average molecular weight is 324 g/mol. The summed E-state index contributed by atoms with van der Waals surface area (Å²) in [5, 5.41) is 4.13. The van der Waals surface area contributed by atoms with Crippen molar-refractivity contribution >= 4 is 29.1 Å². The third kappa shape index (κ3) is 4.96. The van der Waals surface area contributed by atoms with Gasteiger partial charge in [-0.2, -0.15) is 0 Å². The van der Waals surface area contributed by atoms with Gasteiger partial charge in [0.1, 0.15) is 12.4 Å². The van der Waals surface area contributed by atoms with E-state index < -0.39 is 0 Å². The molecule has 2 rings (SSSR count). The molecular weight excluding hydrogens is 309 g/mol. The highest BCUT2D eigenvalue weighted by Gasteiger charge is 2.10. The van der Waals surface area contributed by atoms with E-state index >= 15 is 0 Å². The third-order valence-electron chi connectivity index (χ3n) is 2.80. The van der Waals surface area contributed by atoms with Crippen LogP contribution in [0.1, 0.15) is 17.3 Å². The minimum atomic E-state index is -0.154. The van der Waals surface area contributed by atoms with Gasteiger partial charge in [-0.1, -0.05) is 23.2 Å². The molecule has 5 heteroatoms. The van der Waals surface area contributed by atoms with E-state index in [1.165, 1.54) is 0 Å². The van der Waals surface area contributed by atoms with Crippen molar-refractivity contribution in [1.82, 2.24) is 5.32 Å². The van der Waals surface area contributed by atoms with E-state index in [9.17, 15) is 4.79 Å². The van der Waals surface area contributed by atoms with Crippen LogP contribution >= 0.6 is 23.2 Å². The Balaban J connectivity index is 1.83. The van der Waals surface area contributed by atoms with Crippen LogP contribution in [0.25, 0.3) is 0 Å². The topological polar surface area (TPSA) is 38.3 Å². The van der Waals surface area contributed by atoms with E-state index in [1.807, 2.05) is 6.92 Å². The molecule has 0 unspecified atom stereocenters. The zero-order chi connectivity index (χ0) is 15.2. The highest BCUT2D eigenvalue weighted by Crippen LogP contribution is 2.15. The van der Waals surface area contributed by atoms with Gasteiger partial charge in [0.2, 0.25) is 0 Å². The van der Waals surface area contributed by atoms with Crippen molar-refractivity contribution in [3.05, 3.63) is 64.1 Å². The molecule has 0 aliphatic heterocycles. The number of nitrogens with one attached hydrogen (secondary N) is 1. The number of amides is 1. The molecule has 2 aromatic carbocycles. The first-order valence-electron chi connectivity index (χ1n) is 6.49. The van der Waals surface area contributed by atoms with Crippen LogP contribution in [0, 0.1) is 0 Å². The van der Waals surface area contributed by atoms with Crippen molar-refractivity contribution in [1.29, 1.82) is 0 Å². The molecule has 21 heavy (non-hydrogen) atoms. The van der Waals surface area contributed by atoms with Gasteiger partial charge in [0.15, 0.2) is 0 Å².